The third kappa shape index (κ3) is 3.46. The van der Waals surface area contributed by atoms with Crippen molar-refractivity contribution in [3.63, 3.8) is 0 Å². The summed E-state index contributed by atoms with van der Waals surface area (Å²) in [5.74, 6) is 1.27. The maximum atomic E-state index is 13.4. The van der Waals surface area contributed by atoms with Crippen LogP contribution in [0.1, 0.15) is 38.7 Å². The summed E-state index contributed by atoms with van der Waals surface area (Å²) in [7, 11) is 3.75. The molecule has 1 amide bonds. The van der Waals surface area contributed by atoms with E-state index >= 15 is 0 Å². The Morgan fingerprint density at radius 3 is 2.55 bits per heavy atom. The van der Waals surface area contributed by atoms with Crippen LogP contribution in [-0.2, 0) is 27.2 Å². The summed E-state index contributed by atoms with van der Waals surface area (Å²) < 4.78 is 14.7. The summed E-state index contributed by atoms with van der Waals surface area (Å²) in [5.41, 5.74) is 5.25. The van der Waals surface area contributed by atoms with Gasteiger partial charge in [-0.25, -0.2) is 0 Å². The van der Waals surface area contributed by atoms with E-state index in [0.717, 1.165) is 28.2 Å². The lowest BCUT2D eigenvalue weighted by atomic mass is 10.1. The van der Waals surface area contributed by atoms with E-state index in [-0.39, 0.29) is 12.7 Å². The molecule has 0 fully saturated rings. The summed E-state index contributed by atoms with van der Waals surface area (Å²) in [4.78, 5) is 15.2. The zero-order valence-corrected chi connectivity index (χ0v) is 17.4. The number of hydrogen-bond acceptors (Lipinski definition) is 5. The summed E-state index contributed by atoms with van der Waals surface area (Å²) in [6.45, 7) is 6.92. The van der Waals surface area contributed by atoms with Gasteiger partial charge in [-0.15, -0.1) is 0 Å². The molecule has 0 spiro atoms. The van der Waals surface area contributed by atoms with Gasteiger partial charge in [-0.3, -0.25) is 14.2 Å². The van der Waals surface area contributed by atoms with Crippen molar-refractivity contribution in [1.82, 2.24) is 24.5 Å². The fourth-order valence-electron chi connectivity index (χ4n) is 3.58. The minimum absolute atomic E-state index is 0.132. The Kier molecular flexibility index (Phi) is 4.77. The van der Waals surface area contributed by atoms with Crippen molar-refractivity contribution in [3.05, 3.63) is 58.2 Å². The first-order valence-corrected chi connectivity index (χ1v) is 9.51. The Balaban J connectivity index is 1.70. The Morgan fingerprint density at radius 2 is 1.90 bits per heavy atom. The van der Waals surface area contributed by atoms with Crippen LogP contribution in [0.2, 0.25) is 0 Å². The number of rotatable bonds is 5. The molecule has 152 valence electrons. The molecule has 0 bridgehead atoms. The van der Waals surface area contributed by atoms with Gasteiger partial charge in [0.05, 0.1) is 18.8 Å². The molecule has 0 saturated heterocycles. The molecule has 1 aromatic carbocycles. The highest BCUT2D eigenvalue weighted by Gasteiger charge is 2.25. The average Bonchev–Trinajstić information content (AvgIpc) is 3.36. The topological polar surface area (TPSA) is 74.4 Å². The predicted octanol–water partition coefficient (Wildman–Crippen LogP) is 2.65. The van der Waals surface area contributed by atoms with Gasteiger partial charge in [-0.05, 0) is 32.9 Å². The predicted molar refractivity (Wildman–Crippen MR) is 107 cm³/mol. The number of amides is 1. The van der Waals surface area contributed by atoms with Crippen LogP contribution in [-0.4, -0.2) is 37.2 Å². The largest absolute Gasteiger partial charge is 0.454 e. The second kappa shape index (κ2) is 7.27. The number of aryl methyl sites for hydroxylation is 4. The number of fused-ring (bicyclic) bond motifs is 1. The molecule has 0 radical (unpaired) electrons. The van der Waals surface area contributed by atoms with Crippen molar-refractivity contribution in [2.24, 2.45) is 14.1 Å². The molecule has 1 aliphatic heterocycles. The fraction of sp³-hybridized carbons (Fsp3) is 0.381. The van der Waals surface area contributed by atoms with Crippen molar-refractivity contribution >= 4 is 5.91 Å². The van der Waals surface area contributed by atoms with E-state index in [1.807, 2.05) is 63.8 Å². The Morgan fingerprint density at radius 1 is 1.10 bits per heavy atom. The maximum absolute atomic E-state index is 13.4. The van der Waals surface area contributed by atoms with Crippen molar-refractivity contribution in [3.8, 4) is 11.5 Å². The monoisotopic (exact) mass is 395 g/mol. The lowest BCUT2D eigenvalue weighted by Gasteiger charge is -2.23. The van der Waals surface area contributed by atoms with Crippen molar-refractivity contribution in [1.29, 1.82) is 0 Å². The number of para-hydroxylation sites is 1. The lowest BCUT2D eigenvalue weighted by Crippen LogP contribution is -2.31. The van der Waals surface area contributed by atoms with Gasteiger partial charge >= 0.3 is 0 Å². The quantitative estimate of drug-likeness (QED) is 0.664. The van der Waals surface area contributed by atoms with Crippen molar-refractivity contribution in [2.75, 3.05) is 6.79 Å². The molecule has 0 saturated carbocycles. The Labute approximate surface area is 169 Å². The molecule has 0 aliphatic carbocycles. The van der Waals surface area contributed by atoms with Crippen LogP contribution in [0.3, 0.4) is 0 Å². The molecule has 1 aliphatic rings. The van der Waals surface area contributed by atoms with Crippen molar-refractivity contribution in [2.45, 2.75) is 33.9 Å². The SMILES string of the molecule is Cc1nn(C)c(C)c1CN(Cc1cccc2c1OCO2)C(=O)c1cc(C)n(C)n1. The molecular formula is C21H25N5O3. The first-order valence-electron chi connectivity index (χ1n) is 9.51. The highest BCUT2D eigenvalue weighted by Crippen LogP contribution is 2.36. The van der Waals surface area contributed by atoms with E-state index in [0.29, 0.717) is 30.3 Å². The van der Waals surface area contributed by atoms with Crippen LogP contribution in [0.5, 0.6) is 11.5 Å². The van der Waals surface area contributed by atoms with Gasteiger partial charge in [-0.2, -0.15) is 10.2 Å². The van der Waals surface area contributed by atoms with Gasteiger partial charge in [0.15, 0.2) is 17.2 Å². The molecule has 2 aromatic heterocycles. The third-order valence-electron chi connectivity index (χ3n) is 5.47. The van der Waals surface area contributed by atoms with E-state index in [1.54, 1.807) is 9.58 Å². The summed E-state index contributed by atoms with van der Waals surface area (Å²) in [5, 5.41) is 8.88. The normalized spacial score (nSPS) is 12.4. The average molecular weight is 395 g/mol. The number of aromatic nitrogens is 4. The number of nitrogens with zero attached hydrogens (tertiary/aromatic N) is 5. The van der Waals surface area contributed by atoms with E-state index in [9.17, 15) is 4.79 Å². The van der Waals surface area contributed by atoms with E-state index < -0.39 is 0 Å². The zero-order chi connectivity index (χ0) is 20.7. The summed E-state index contributed by atoms with van der Waals surface area (Å²) in [6, 6.07) is 7.56. The molecule has 8 heteroatoms. The van der Waals surface area contributed by atoms with Crippen molar-refractivity contribution < 1.29 is 14.3 Å². The fourth-order valence-corrected chi connectivity index (χ4v) is 3.58. The van der Waals surface area contributed by atoms with Crippen LogP contribution < -0.4 is 9.47 Å². The number of carbonyl (C=O) groups excluding carboxylic acids is 1. The minimum Gasteiger partial charge on any atom is -0.454 e. The van der Waals surface area contributed by atoms with E-state index in [1.165, 1.54) is 0 Å². The summed E-state index contributed by atoms with van der Waals surface area (Å²) >= 11 is 0. The van der Waals surface area contributed by atoms with E-state index in [4.69, 9.17) is 9.47 Å². The van der Waals surface area contributed by atoms with Crippen LogP contribution in [0.15, 0.2) is 24.3 Å². The second-order valence-corrected chi connectivity index (χ2v) is 7.38. The highest BCUT2D eigenvalue weighted by atomic mass is 16.7. The smallest absolute Gasteiger partial charge is 0.274 e. The van der Waals surface area contributed by atoms with Gasteiger partial charge in [0.1, 0.15) is 0 Å². The molecule has 4 rings (SSSR count). The minimum atomic E-state index is -0.132. The maximum Gasteiger partial charge on any atom is 0.274 e. The summed E-state index contributed by atoms with van der Waals surface area (Å²) in [6.07, 6.45) is 0. The molecule has 29 heavy (non-hydrogen) atoms. The van der Waals surface area contributed by atoms with Crippen LogP contribution in [0, 0.1) is 20.8 Å². The number of hydrogen-bond donors (Lipinski definition) is 0. The molecule has 3 heterocycles. The van der Waals surface area contributed by atoms with Gasteiger partial charge < -0.3 is 14.4 Å². The zero-order valence-electron chi connectivity index (χ0n) is 17.4. The number of carbonyl (C=O) groups is 1. The van der Waals surface area contributed by atoms with Crippen LogP contribution >= 0.6 is 0 Å². The highest BCUT2D eigenvalue weighted by molar-refractivity contribution is 5.92. The van der Waals surface area contributed by atoms with Crippen LogP contribution in [0.25, 0.3) is 0 Å². The molecule has 0 atom stereocenters. The molecule has 0 unspecified atom stereocenters. The van der Waals surface area contributed by atoms with Gasteiger partial charge in [0.2, 0.25) is 6.79 Å². The molecular weight excluding hydrogens is 370 g/mol. The molecule has 8 nitrogen and oxygen atoms in total. The number of ether oxygens (including phenoxy) is 2. The standard InChI is InChI=1S/C21H25N5O3/c1-13-9-18(23-24(13)4)21(27)26(11-17-14(2)22-25(5)15(17)3)10-16-7-6-8-19-20(16)29-12-28-19/h6-9H,10-12H2,1-5H3. The molecule has 0 N–H and O–H groups in total. The first kappa shape index (κ1) is 19.0. The van der Waals surface area contributed by atoms with Gasteiger partial charge in [0, 0.05) is 36.6 Å². The first-order chi connectivity index (χ1) is 13.8. The van der Waals surface area contributed by atoms with E-state index in [2.05, 4.69) is 10.2 Å². The second-order valence-electron chi connectivity index (χ2n) is 7.38. The number of benzene rings is 1. The third-order valence-corrected chi connectivity index (χ3v) is 5.47. The molecule has 3 aromatic rings. The lowest BCUT2D eigenvalue weighted by molar-refractivity contribution is 0.0721. The van der Waals surface area contributed by atoms with Gasteiger partial charge in [0.25, 0.3) is 5.91 Å². The Hall–Kier alpha value is -3.29. The van der Waals surface area contributed by atoms with Gasteiger partial charge in [-0.1, -0.05) is 12.1 Å². The Bertz CT molecular complexity index is 1060. The van der Waals surface area contributed by atoms with Crippen LogP contribution in [0.4, 0.5) is 0 Å².